The fraction of sp³-hybridized carbons (Fsp3) is 0.200. The predicted molar refractivity (Wildman–Crippen MR) is 129 cm³/mol. The van der Waals surface area contributed by atoms with Gasteiger partial charge in [-0.2, -0.15) is 13.2 Å². The Balaban J connectivity index is 1.50. The average Bonchev–Trinajstić information content (AvgIpc) is 3.18. The number of hydrogen-bond donors (Lipinski definition) is 3. The Morgan fingerprint density at radius 3 is 2.50 bits per heavy atom. The number of aliphatic hydroxyl groups excluding tert-OH is 1. The van der Waals surface area contributed by atoms with Crippen molar-refractivity contribution in [1.29, 1.82) is 0 Å². The monoisotopic (exact) mass is 521 g/mol. The van der Waals surface area contributed by atoms with Crippen LogP contribution in [0.4, 0.5) is 23.2 Å². The second-order valence-corrected chi connectivity index (χ2v) is 10.2. The number of aliphatic hydroxyl groups is 1. The highest BCUT2D eigenvalue weighted by atomic mass is 32.2. The van der Waals surface area contributed by atoms with Crippen molar-refractivity contribution in [3.8, 4) is 0 Å². The highest BCUT2D eigenvalue weighted by Crippen LogP contribution is 2.34. The third-order valence-electron chi connectivity index (χ3n) is 5.56. The van der Waals surface area contributed by atoms with Gasteiger partial charge in [0, 0.05) is 30.5 Å². The number of sulfonamides is 1. The zero-order valence-electron chi connectivity index (χ0n) is 19.1. The zero-order valence-corrected chi connectivity index (χ0v) is 19.9. The van der Waals surface area contributed by atoms with Crippen LogP contribution < -0.4 is 10.0 Å². The van der Waals surface area contributed by atoms with E-state index in [-0.39, 0.29) is 23.6 Å². The standard InChI is InChI=1S/C25H23F4N3O3S/c1-36(34,35)31-21-7-5-19(22(13-21)25(27,28)29)14-30-24(33)18-6-8-23-17(12-18)9-10-32(23)15-16-3-2-4-20(26)11-16/h2-13,24,30-31,33H,14-15H2,1H3. The lowest BCUT2D eigenvalue weighted by atomic mass is 10.1. The Morgan fingerprint density at radius 1 is 1.03 bits per heavy atom. The first kappa shape index (κ1) is 25.7. The molecule has 3 aromatic carbocycles. The predicted octanol–water partition coefficient (Wildman–Crippen LogP) is 5.00. The minimum absolute atomic E-state index is 0.150. The summed E-state index contributed by atoms with van der Waals surface area (Å²) in [7, 11) is -3.74. The Labute approximate surface area is 205 Å². The van der Waals surface area contributed by atoms with Crippen LogP contribution in [-0.4, -0.2) is 24.3 Å². The van der Waals surface area contributed by atoms with E-state index >= 15 is 0 Å². The van der Waals surface area contributed by atoms with E-state index in [0.717, 1.165) is 34.9 Å². The second kappa shape index (κ2) is 9.92. The smallest absolute Gasteiger partial charge is 0.374 e. The van der Waals surface area contributed by atoms with Gasteiger partial charge in [-0.25, -0.2) is 12.8 Å². The van der Waals surface area contributed by atoms with E-state index in [1.54, 1.807) is 24.3 Å². The molecule has 1 atom stereocenters. The van der Waals surface area contributed by atoms with Crippen LogP contribution in [0.5, 0.6) is 0 Å². The van der Waals surface area contributed by atoms with Crippen molar-refractivity contribution in [2.45, 2.75) is 25.5 Å². The van der Waals surface area contributed by atoms with Gasteiger partial charge in [0.25, 0.3) is 0 Å². The van der Waals surface area contributed by atoms with Gasteiger partial charge < -0.3 is 9.67 Å². The third-order valence-corrected chi connectivity index (χ3v) is 6.16. The first-order chi connectivity index (χ1) is 16.9. The van der Waals surface area contributed by atoms with E-state index < -0.39 is 28.0 Å². The molecule has 36 heavy (non-hydrogen) atoms. The van der Waals surface area contributed by atoms with Crippen molar-refractivity contribution in [2.24, 2.45) is 0 Å². The lowest BCUT2D eigenvalue weighted by molar-refractivity contribution is -0.138. The second-order valence-electron chi connectivity index (χ2n) is 8.42. The molecule has 0 radical (unpaired) electrons. The zero-order chi connectivity index (χ0) is 26.1. The van der Waals surface area contributed by atoms with Gasteiger partial charge in [-0.3, -0.25) is 10.0 Å². The Hall–Kier alpha value is -3.41. The van der Waals surface area contributed by atoms with E-state index in [4.69, 9.17) is 0 Å². The summed E-state index contributed by atoms with van der Waals surface area (Å²) in [6, 6.07) is 16.4. The maximum Gasteiger partial charge on any atom is 0.416 e. The summed E-state index contributed by atoms with van der Waals surface area (Å²) in [6.45, 7) is 0.138. The summed E-state index contributed by atoms with van der Waals surface area (Å²) in [5.41, 5.74) is 0.723. The normalized spacial score (nSPS) is 13.2. The summed E-state index contributed by atoms with van der Waals surface area (Å²) in [6.07, 6.45) is -3.30. The number of alkyl halides is 3. The van der Waals surface area contributed by atoms with Gasteiger partial charge in [-0.1, -0.05) is 24.3 Å². The van der Waals surface area contributed by atoms with Crippen LogP contribution in [0.15, 0.2) is 72.9 Å². The molecule has 3 N–H and O–H groups in total. The number of anilines is 1. The lowest BCUT2D eigenvalue weighted by Crippen LogP contribution is -2.23. The highest BCUT2D eigenvalue weighted by Gasteiger charge is 2.33. The number of aromatic nitrogens is 1. The molecule has 4 rings (SSSR count). The fourth-order valence-electron chi connectivity index (χ4n) is 3.96. The number of hydrogen-bond acceptors (Lipinski definition) is 4. The molecule has 0 amide bonds. The Morgan fingerprint density at radius 2 is 1.81 bits per heavy atom. The first-order valence-corrected chi connectivity index (χ1v) is 12.7. The molecule has 190 valence electrons. The molecule has 0 aliphatic carbocycles. The summed E-state index contributed by atoms with van der Waals surface area (Å²) in [5.74, 6) is -0.324. The summed E-state index contributed by atoms with van der Waals surface area (Å²) in [4.78, 5) is 0. The number of rotatable bonds is 8. The van der Waals surface area contributed by atoms with Crippen molar-refractivity contribution in [3.63, 3.8) is 0 Å². The molecule has 11 heteroatoms. The van der Waals surface area contributed by atoms with Crippen LogP contribution in [0.3, 0.4) is 0 Å². The van der Waals surface area contributed by atoms with Crippen LogP contribution in [0.2, 0.25) is 0 Å². The van der Waals surface area contributed by atoms with Crippen molar-refractivity contribution in [3.05, 3.63) is 101 Å². The number of nitrogens with zero attached hydrogens (tertiary/aromatic N) is 1. The summed E-state index contributed by atoms with van der Waals surface area (Å²) < 4.78 is 80.9. The largest absolute Gasteiger partial charge is 0.416 e. The Kier molecular flexibility index (Phi) is 7.07. The Bertz CT molecular complexity index is 1500. The van der Waals surface area contributed by atoms with Crippen LogP contribution in [-0.2, 0) is 29.3 Å². The molecule has 1 unspecified atom stereocenters. The topological polar surface area (TPSA) is 83.4 Å². The van der Waals surface area contributed by atoms with Gasteiger partial charge in [0.2, 0.25) is 10.0 Å². The fourth-order valence-corrected chi connectivity index (χ4v) is 4.51. The number of halogens is 4. The molecule has 4 aromatic rings. The summed E-state index contributed by atoms with van der Waals surface area (Å²) in [5, 5.41) is 14.1. The molecule has 1 heterocycles. The van der Waals surface area contributed by atoms with E-state index in [1.165, 1.54) is 18.2 Å². The van der Waals surface area contributed by atoms with Gasteiger partial charge in [0.05, 0.1) is 11.8 Å². The number of nitrogens with one attached hydrogen (secondary N) is 2. The van der Waals surface area contributed by atoms with Gasteiger partial charge in [-0.05, 0) is 64.5 Å². The third kappa shape index (κ3) is 6.23. The van der Waals surface area contributed by atoms with Crippen LogP contribution in [0.25, 0.3) is 10.9 Å². The molecule has 0 aliphatic heterocycles. The molecule has 0 fully saturated rings. The molecular formula is C25H23F4N3O3S. The molecule has 0 bridgehead atoms. The lowest BCUT2D eigenvalue weighted by Gasteiger charge is -2.18. The van der Waals surface area contributed by atoms with Crippen LogP contribution in [0.1, 0.15) is 28.5 Å². The first-order valence-electron chi connectivity index (χ1n) is 10.8. The van der Waals surface area contributed by atoms with Crippen LogP contribution >= 0.6 is 0 Å². The maximum absolute atomic E-state index is 13.6. The number of benzene rings is 3. The van der Waals surface area contributed by atoms with Crippen molar-refractivity contribution >= 4 is 26.6 Å². The average molecular weight is 522 g/mol. The molecule has 1 aromatic heterocycles. The van der Waals surface area contributed by atoms with Gasteiger partial charge in [0.15, 0.2) is 0 Å². The van der Waals surface area contributed by atoms with E-state index in [1.807, 2.05) is 27.6 Å². The number of fused-ring (bicyclic) bond motifs is 1. The summed E-state index contributed by atoms with van der Waals surface area (Å²) >= 11 is 0. The molecule has 0 saturated carbocycles. The van der Waals surface area contributed by atoms with Crippen molar-refractivity contribution < 1.29 is 31.1 Å². The quantitative estimate of drug-likeness (QED) is 0.225. The van der Waals surface area contributed by atoms with Crippen LogP contribution in [0, 0.1) is 5.82 Å². The van der Waals surface area contributed by atoms with E-state index in [0.29, 0.717) is 12.1 Å². The highest BCUT2D eigenvalue weighted by molar-refractivity contribution is 7.92. The molecule has 0 aliphatic rings. The van der Waals surface area contributed by atoms with E-state index in [9.17, 15) is 31.1 Å². The van der Waals surface area contributed by atoms with E-state index in [2.05, 4.69) is 5.32 Å². The van der Waals surface area contributed by atoms with Gasteiger partial charge in [-0.15, -0.1) is 0 Å². The van der Waals surface area contributed by atoms with Crippen molar-refractivity contribution in [1.82, 2.24) is 9.88 Å². The molecule has 0 saturated heterocycles. The molecule has 0 spiro atoms. The molecular weight excluding hydrogens is 498 g/mol. The minimum Gasteiger partial charge on any atom is -0.374 e. The van der Waals surface area contributed by atoms with Gasteiger partial charge in [0.1, 0.15) is 12.0 Å². The molecule has 6 nitrogen and oxygen atoms in total. The van der Waals surface area contributed by atoms with Crippen molar-refractivity contribution in [2.75, 3.05) is 11.0 Å². The minimum atomic E-state index is -4.72. The SMILES string of the molecule is CS(=O)(=O)Nc1ccc(CNC(O)c2ccc3c(ccn3Cc3cccc(F)c3)c2)c(C(F)(F)F)c1. The maximum atomic E-state index is 13.6. The van der Waals surface area contributed by atoms with Gasteiger partial charge >= 0.3 is 6.18 Å².